The van der Waals surface area contributed by atoms with Gasteiger partial charge in [-0.3, -0.25) is 0 Å². The summed E-state index contributed by atoms with van der Waals surface area (Å²) in [6, 6.07) is 0. The Morgan fingerprint density at radius 1 is 0.375 bits per heavy atom. The third-order valence-electron chi connectivity index (χ3n) is 1.50. The molecule has 0 bridgehead atoms. The van der Waals surface area contributed by atoms with Crippen LogP contribution in [0.4, 0.5) is 51.8 Å². The normalized spacial score (nSPS) is 13.8. The molecule has 24 heavy (non-hydrogen) atoms. The van der Waals surface area contributed by atoms with E-state index >= 15 is 0 Å². The van der Waals surface area contributed by atoms with Gasteiger partial charge < -0.3 is 51.8 Å². The van der Waals surface area contributed by atoms with Gasteiger partial charge >= 0.3 is 73.1 Å². The second-order valence-electron chi connectivity index (χ2n) is 3.61. The molecule has 16 heteroatoms. The van der Waals surface area contributed by atoms with Crippen LogP contribution in [-0.2, 0) is 0 Å². The molecule has 0 aromatic heterocycles. The van der Waals surface area contributed by atoms with Crippen molar-refractivity contribution >= 4 is 73.1 Å². The van der Waals surface area contributed by atoms with Crippen molar-refractivity contribution in [2.45, 2.75) is 52.4 Å². The van der Waals surface area contributed by atoms with Gasteiger partial charge in [-0.25, -0.2) is 0 Å². The van der Waals surface area contributed by atoms with Crippen molar-refractivity contribution in [3.63, 3.8) is 0 Å². The molecule has 148 valence electrons. The van der Waals surface area contributed by atoms with Crippen LogP contribution in [-0.4, -0.2) is 73.1 Å². The van der Waals surface area contributed by atoms with Crippen LogP contribution in [0.1, 0.15) is 52.4 Å². The van der Waals surface area contributed by atoms with E-state index in [9.17, 15) is 51.8 Å². The average molecular weight is 415 g/mol. The standard InChI is InChI=1S/C6H12.C2H6.3BF4.K.H/c1-2-4-6-5-3-1;1-2;3*2-1(3,4)5;;/h1-6H2;1-2H3;;;;;/q;;3*-1;;. The molecule has 1 aliphatic rings. The van der Waals surface area contributed by atoms with Crippen molar-refractivity contribution in [3.05, 3.63) is 0 Å². The molecule has 0 N–H and O–H groups in total. The summed E-state index contributed by atoms with van der Waals surface area (Å²) in [7, 11) is -18.0. The number of halogens is 12. The van der Waals surface area contributed by atoms with Crippen molar-refractivity contribution < 1.29 is 51.8 Å². The quantitative estimate of drug-likeness (QED) is 0.309. The van der Waals surface area contributed by atoms with Crippen LogP contribution in [0.5, 0.6) is 0 Å². The number of hydrogen-bond donors (Lipinski definition) is 0. The van der Waals surface area contributed by atoms with Gasteiger partial charge in [0.05, 0.1) is 0 Å². The van der Waals surface area contributed by atoms with E-state index in [-0.39, 0.29) is 51.4 Å². The SMILES string of the molecule is C1CCCCC1.CC.F[B-](F)(F)F.F[B-](F)(F)F.F[B-](F)(F)F.[KH]. The van der Waals surface area contributed by atoms with Crippen molar-refractivity contribution in [1.29, 1.82) is 0 Å². The zero-order chi connectivity index (χ0) is 19.7. The molecule has 0 saturated heterocycles. The monoisotopic (exact) mass is 415 g/mol. The van der Waals surface area contributed by atoms with Gasteiger partial charge in [-0.2, -0.15) is 0 Å². The summed E-state index contributed by atoms with van der Waals surface area (Å²) < 4.78 is 117. The van der Waals surface area contributed by atoms with Gasteiger partial charge in [-0.1, -0.05) is 52.4 Å². The molecular weight excluding hydrogens is 396 g/mol. The number of rotatable bonds is 0. The Bertz CT molecular complexity index is 168. The second kappa shape index (κ2) is 20.3. The predicted octanol–water partition coefficient (Wildman–Crippen LogP) is 6.62. The van der Waals surface area contributed by atoms with Crippen LogP contribution in [0.2, 0.25) is 0 Å². The summed E-state index contributed by atoms with van der Waals surface area (Å²) in [5, 5.41) is 0. The summed E-state index contributed by atoms with van der Waals surface area (Å²) in [5.74, 6) is 0. The molecule has 1 aliphatic carbocycles. The first-order valence-corrected chi connectivity index (χ1v) is 6.62. The van der Waals surface area contributed by atoms with E-state index in [1.165, 1.54) is 38.5 Å². The van der Waals surface area contributed by atoms with E-state index in [1.54, 1.807) is 0 Å². The van der Waals surface area contributed by atoms with Gasteiger partial charge in [-0.05, 0) is 0 Å². The fourth-order valence-corrected chi connectivity index (χ4v) is 1.06. The van der Waals surface area contributed by atoms with E-state index in [0.29, 0.717) is 0 Å². The molecule has 1 saturated carbocycles. The minimum absolute atomic E-state index is 0. The first-order chi connectivity index (χ1) is 10.0. The van der Waals surface area contributed by atoms with Gasteiger partial charge in [0.15, 0.2) is 0 Å². The zero-order valence-corrected chi connectivity index (χ0v) is 12.5. The fraction of sp³-hybridized carbons (Fsp3) is 1.00. The van der Waals surface area contributed by atoms with Crippen molar-refractivity contribution in [2.75, 3.05) is 0 Å². The van der Waals surface area contributed by atoms with Crippen LogP contribution < -0.4 is 0 Å². The Morgan fingerprint density at radius 3 is 0.458 bits per heavy atom. The van der Waals surface area contributed by atoms with Crippen LogP contribution in [0.15, 0.2) is 0 Å². The first-order valence-electron chi connectivity index (χ1n) is 6.62. The molecule has 1 fully saturated rings. The fourth-order valence-electron chi connectivity index (χ4n) is 1.06. The third-order valence-corrected chi connectivity index (χ3v) is 1.50. The van der Waals surface area contributed by atoms with Gasteiger partial charge in [0.25, 0.3) is 0 Å². The molecule has 1 rings (SSSR count). The summed E-state index contributed by atoms with van der Waals surface area (Å²) >= 11 is 0. The van der Waals surface area contributed by atoms with Crippen LogP contribution in [0.3, 0.4) is 0 Å². The predicted molar refractivity (Wildman–Crippen MR) is 76.8 cm³/mol. The topological polar surface area (TPSA) is 0 Å². The molecule has 0 aromatic carbocycles. The van der Waals surface area contributed by atoms with Crippen LogP contribution in [0, 0.1) is 0 Å². The van der Waals surface area contributed by atoms with E-state index in [1.807, 2.05) is 13.8 Å². The molecule has 0 atom stereocenters. The summed E-state index contributed by atoms with van der Waals surface area (Å²) in [6.45, 7) is 4.00. The Labute approximate surface area is 176 Å². The maximum absolute atomic E-state index is 9.75. The van der Waals surface area contributed by atoms with Gasteiger partial charge in [0, 0.05) is 0 Å². The van der Waals surface area contributed by atoms with E-state index in [2.05, 4.69) is 0 Å². The van der Waals surface area contributed by atoms with Gasteiger partial charge in [0.1, 0.15) is 0 Å². The van der Waals surface area contributed by atoms with E-state index in [0.717, 1.165) is 0 Å². The average Bonchev–Trinajstić information content (AvgIpc) is 2.27. The summed E-state index contributed by atoms with van der Waals surface area (Å²) in [5.41, 5.74) is 0. The summed E-state index contributed by atoms with van der Waals surface area (Å²) in [4.78, 5) is 0. The molecule has 0 unspecified atom stereocenters. The van der Waals surface area contributed by atoms with E-state index in [4.69, 9.17) is 0 Å². The number of hydrogen-bond acceptors (Lipinski definition) is 0. The van der Waals surface area contributed by atoms with Gasteiger partial charge in [-0.15, -0.1) is 0 Å². The van der Waals surface area contributed by atoms with Gasteiger partial charge in [0.2, 0.25) is 0 Å². The molecule has 0 radical (unpaired) electrons. The van der Waals surface area contributed by atoms with Crippen LogP contribution in [0.25, 0.3) is 0 Å². The van der Waals surface area contributed by atoms with E-state index < -0.39 is 21.8 Å². The van der Waals surface area contributed by atoms with Crippen molar-refractivity contribution in [2.24, 2.45) is 0 Å². The van der Waals surface area contributed by atoms with Crippen LogP contribution >= 0.6 is 0 Å². The Kier molecular flexibility index (Phi) is 30.5. The van der Waals surface area contributed by atoms with Crippen molar-refractivity contribution in [1.82, 2.24) is 0 Å². The maximum atomic E-state index is 9.75. The summed E-state index contributed by atoms with van der Waals surface area (Å²) in [6.07, 6.45) is 9.00. The molecular formula is C8H19B3F12K-3. The molecule has 0 aromatic rings. The Morgan fingerprint density at radius 2 is 0.417 bits per heavy atom. The minimum atomic E-state index is -6.00. The molecule has 0 spiro atoms. The molecule has 0 heterocycles. The second-order valence-corrected chi connectivity index (χ2v) is 3.61. The first kappa shape index (κ1) is 36.0. The Balaban J connectivity index is -0.0000000640. The third kappa shape index (κ3) is 227. The zero-order valence-electron chi connectivity index (χ0n) is 12.5. The molecule has 0 nitrogen and oxygen atoms in total. The molecule has 0 aliphatic heterocycles. The van der Waals surface area contributed by atoms with Crippen molar-refractivity contribution in [3.8, 4) is 0 Å². The Hall–Kier alpha value is 0.991. The molecule has 0 amide bonds.